The largest absolute Gasteiger partial charge is 0.399 e. The molecular formula is C22H37N5O. The zero-order valence-corrected chi connectivity index (χ0v) is 18.5. The van der Waals surface area contributed by atoms with Crippen molar-refractivity contribution in [2.24, 2.45) is 0 Å². The van der Waals surface area contributed by atoms with E-state index in [2.05, 4.69) is 64.1 Å². The van der Waals surface area contributed by atoms with Crippen LogP contribution in [0.15, 0.2) is 30.5 Å². The topological polar surface area (TPSA) is 78.0 Å². The Morgan fingerprint density at radius 1 is 1.00 bits per heavy atom. The minimum atomic E-state index is -0.182. The number of anilines is 1. The average Bonchev–Trinajstić information content (AvgIpc) is 3.04. The molecule has 0 radical (unpaired) electrons. The molecule has 0 atom stereocenters. The molecule has 1 aromatic carbocycles. The standard InChI is InChI=1S/C22H37N5O/c1-20(2,3)24-14-12-22(6,7)28-15-13-21(4,5)27-16-19(25-26-27)17-8-10-18(23)11-9-17/h8-11,16,24H,12-15,23H2,1-7H3. The molecule has 0 amide bonds. The van der Waals surface area contributed by atoms with Crippen molar-refractivity contribution in [1.29, 1.82) is 0 Å². The summed E-state index contributed by atoms with van der Waals surface area (Å²) in [6.45, 7) is 16.8. The summed E-state index contributed by atoms with van der Waals surface area (Å²) in [4.78, 5) is 0. The Morgan fingerprint density at radius 3 is 2.25 bits per heavy atom. The maximum Gasteiger partial charge on any atom is 0.113 e. The summed E-state index contributed by atoms with van der Waals surface area (Å²) < 4.78 is 8.12. The van der Waals surface area contributed by atoms with Crippen LogP contribution in [0.2, 0.25) is 0 Å². The van der Waals surface area contributed by atoms with Crippen molar-refractivity contribution < 1.29 is 4.74 Å². The Morgan fingerprint density at radius 2 is 1.64 bits per heavy atom. The molecule has 6 nitrogen and oxygen atoms in total. The van der Waals surface area contributed by atoms with Gasteiger partial charge >= 0.3 is 0 Å². The summed E-state index contributed by atoms with van der Waals surface area (Å²) in [5, 5.41) is 12.2. The van der Waals surface area contributed by atoms with E-state index in [1.807, 2.05) is 35.1 Å². The van der Waals surface area contributed by atoms with Gasteiger partial charge in [0, 0.05) is 23.4 Å². The molecule has 0 bridgehead atoms. The Hall–Kier alpha value is -1.92. The molecule has 156 valence electrons. The van der Waals surface area contributed by atoms with Crippen molar-refractivity contribution >= 4 is 5.69 Å². The molecule has 2 aromatic rings. The van der Waals surface area contributed by atoms with E-state index in [-0.39, 0.29) is 16.7 Å². The van der Waals surface area contributed by atoms with Crippen LogP contribution < -0.4 is 11.1 Å². The molecule has 0 spiro atoms. The normalized spacial score (nSPS) is 13.1. The van der Waals surface area contributed by atoms with Gasteiger partial charge in [0.25, 0.3) is 0 Å². The molecule has 2 rings (SSSR count). The first-order valence-corrected chi connectivity index (χ1v) is 10.1. The molecule has 0 saturated carbocycles. The lowest BCUT2D eigenvalue weighted by atomic mass is 10.0. The molecule has 0 fully saturated rings. The van der Waals surface area contributed by atoms with Crippen LogP contribution >= 0.6 is 0 Å². The van der Waals surface area contributed by atoms with Crippen LogP contribution in [0, 0.1) is 0 Å². The SMILES string of the molecule is CC(C)(C)NCCC(C)(C)OCCC(C)(C)n1cc(-c2ccc(N)cc2)nn1. The van der Waals surface area contributed by atoms with Crippen molar-refractivity contribution in [3.8, 4) is 11.3 Å². The van der Waals surface area contributed by atoms with Crippen LogP contribution in [0.3, 0.4) is 0 Å². The van der Waals surface area contributed by atoms with Crippen LogP contribution in [0.4, 0.5) is 5.69 Å². The second kappa shape index (κ2) is 8.62. The number of nitrogen functional groups attached to an aromatic ring is 1. The molecule has 0 aliphatic rings. The number of nitrogens with zero attached hydrogens (tertiary/aromatic N) is 3. The minimum Gasteiger partial charge on any atom is -0.399 e. The summed E-state index contributed by atoms with van der Waals surface area (Å²) in [6.07, 6.45) is 3.81. The van der Waals surface area contributed by atoms with Crippen molar-refractivity contribution in [2.45, 2.75) is 78.0 Å². The van der Waals surface area contributed by atoms with Gasteiger partial charge in [-0.1, -0.05) is 17.3 Å². The fourth-order valence-electron chi connectivity index (χ4n) is 2.85. The zero-order chi connectivity index (χ0) is 21.0. The molecule has 0 saturated heterocycles. The van der Waals surface area contributed by atoms with Gasteiger partial charge in [-0.15, -0.1) is 5.10 Å². The maximum atomic E-state index is 6.19. The van der Waals surface area contributed by atoms with Crippen molar-refractivity contribution in [1.82, 2.24) is 20.3 Å². The van der Waals surface area contributed by atoms with E-state index in [0.717, 1.165) is 36.3 Å². The Bertz CT molecular complexity index is 741. The predicted octanol–water partition coefficient (Wildman–Crippen LogP) is 4.23. The van der Waals surface area contributed by atoms with Gasteiger partial charge in [0.15, 0.2) is 0 Å². The van der Waals surface area contributed by atoms with Gasteiger partial charge in [0.1, 0.15) is 5.69 Å². The fourth-order valence-corrected chi connectivity index (χ4v) is 2.85. The van der Waals surface area contributed by atoms with Crippen molar-refractivity contribution in [3.05, 3.63) is 30.5 Å². The number of hydrogen-bond acceptors (Lipinski definition) is 5. The lowest BCUT2D eigenvalue weighted by Crippen LogP contribution is -2.40. The Kier molecular flexibility index (Phi) is 6.88. The highest BCUT2D eigenvalue weighted by molar-refractivity contribution is 5.60. The molecular weight excluding hydrogens is 350 g/mol. The third-order valence-corrected chi connectivity index (χ3v) is 4.91. The highest BCUT2D eigenvalue weighted by atomic mass is 16.5. The Balaban J connectivity index is 1.88. The van der Waals surface area contributed by atoms with Gasteiger partial charge in [0.05, 0.1) is 17.3 Å². The fraction of sp³-hybridized carbons (Fsp3) is 0.636. The van der Waals surface area contributed by atoms with Crippen molar-refractivity contribution in [2.75, 3.05) is 18.9 Å². The molecule has 1 heterocycles. The van der Waals surface area contributed by atoms with Gasteiger partial charge < -0.3 is 15.8 Å². The van der Waals surface area contributed by atoms with Crippen LogP contribution in [0.25, 0.3) is 11.3 Å². The number of nitrogens with one attached hydrogen (secondary N) is 1. The van der Waals surface area contributed by atoms with Gasteiger partial charge in [-0.2, -0.15) is 0 Å². The van der Waals surface area contributed by atoms with E-state index >= 15 is 0 Å². The molecule has 0 aliphatic heterocycles. The summed E-state index contributed by atoms with van der Waals surface area (Å²) >= 11 is 0. The second-order valence-electron chi connectivity index (χ2n) is 9.77. The van der Waals surface area contributed by atoms with Crippen molar-refractivity contribution in [3.63, 3.8) is 0 Å². The summed E-state index contributed by atoms with van der Waals surface area (Å²) in [6, 6.07) is 7.69. The van der Waals surface area contributed by atoms with Crippen LogP contribution in [-0.2, 0) is 10.3 Å². The van der Waals surface area contributed by atoms with E-state index in [0.29, 0.717) is 6.61 Å². The monoisotopic (exact) mass is 387 g/mol. The third kappa shape index (κ3) is 6.91. The quantitative estimate of drug-likeness (QED) is 0.630. The summed E-state index contributed by atoms with van der Waals surface area (Å²) in [5.41, 5.74) is 8.16. The number of ether oxygens (including phenoxy) is 1. The highest BCUT2D eigenvalue weighted by Crippen LogP contribution is 2.24. The first kappa shape index (κ1) is 22.4. The van der Waals surface area contributed by atoms with E-state index in [4.69, 9.17) is 10.5 Å². The van der Waals surface area contributed by atoms with Gasteiger partial charge in [-0.3, -0.25) is 0 Å². The van der Waals surface area contributed by atoms with Gasteiger partial charge in [0.2, 0.25) is 0 Å². The van der Waals surface area contributed by atoms with Crippen LogP contribution in [0.1, 0.15) is 61.3 Å². The van der Waals surface area contributed by atoms with E-state index in [1.54, 1.807) is 0 Å². The number of hydrogen-bond donors (Lipinski definition) is 2. The maximum absolute atomic E-state index is 6.19. The molecule has 0 unspecified atom stereocenters. The number of nitrogens with two attached hydrogens (primary N) is 1. The molecule has 3 N–H and O–H groups in total. The number of aromatic nitrogens is 3. The van der Waals surface area contributed by atoms with Gasteiger partial charge in [-0.05, 0) is 80.0 Å². The summed E-state index contributed by atoms with van der Waals surface area (Å²) in [5.74, 6) is 0. The van der Waals surface area contributed by atoms with Crippen LogP contribution in [0.5, 0.6) is 0 Å². The number of benzene rings is 1. The van der Waals surface area contributed by atoms with E-state index < -0.39 is 0 Å². The lowest BCUT2D eigenvalue weighted by Gasteiger charge is -2.30. The molecule has 1 aromatic heterocycles. The highest BCUT2D eigenvalue weighted by Gasteiger charge is 2.25. The summed E-state index contributed by atoms with van der Waals surface area (Å²) in [7, 11) is 0. The number of rotatable bonds is 9. The first-order valence-electron chi connectivity index (χ1n) is 10.1. The first-order chi connectivity index (χ1) is 12.9. The van der Waals surface area contributed by atoms with Crippen LogP contribution in [-0.4, -0.2) is 39.3 Å². The molecule has 6 heteroatoms. The smallest absolute Gasteiger partial charge is 0.113 e. The zero-order valence-electron chi connectivity index (χ0n) is 18.5. The van der Waals surface area contributed by atoms with Gasteiger partial charge in [-0.25, -0.2) is 4.68 Å². The predicted molar refractivity (Wildman–Crippen MR) is 116 cm³/mol. The second-order valence-corrected chi connectivity index (χ2v) is 9.77. The minimum absolute atomic E-state index is 0.132. The van der Waals surface area contributed by atoms with E-state index in [9.17, 15) is 0 Å². The molecule has 28 heavy (non-hydrogen) atoms. The van der Waals surface area contributed by atoms with E-state index in [1.165, 1.54) is 0 Å². The molecule has 0 aliphatic carbocycles. The lowest BCUT2D eigenvalue weighted by molar-refractivity contribution is -0.0342. The Labute approximate surface area is 169 Å². The average molecular weight is 388 g/mol. The third-order valence-electron chi connectivity index (χ3n) is 4.91.